The molecule has 0 fully saturated rings. The summed E-state index contributed by atoms with van der Waals surface area (Å²) in [6.07, 6.45) is 0. The van der Waals surface area contributed by atoms with Crippen molar-refractivity contribution in [2.24, 2.45) is 0 Å². The molecule has 0 N–H and O–H groups in total. The van der Waals surface area contributed by atoms with E-state index in [0.717, 1.165) is 21.5 Å². The van der Waals surface area contributed by atoms with E-state index in [9.17, 15) is 18.0 Å². The lowest BCUT2D eigenvalue weighted by molar-refractivity contribution is 0.0474. The lowest BCUT2D eigenvalue weighted by atomic mass is 10.0. The number of esters is 1. The van der Waals surface area contributed by atoms with Gasteiger partial charge >= 0.3 is 5.97 Å². The van der Waals surface area contributed by atoms with E-state index in [4.69, 9.17) is 16.3 Å². The molecular formula is C23H20ClNO5S. The van der Waals surface area contributed by atoms with E-state index in [2.05, 4.69) is 0 Å². The van der Waals surface area contributed by atoms with Gasteiger partial charge in [-0.3, -0.25) is 4.79 Å². The van der Waals surface area contributed by atoms with Crippen LogP contribution in [0.15, 0.2) is 77.7 Å². The Kier molecular flexibility index (Phi) is 6.90. The summed E-state index contributed by atoms with van der Waals surface area (Å²) in [6.45, 7) is -0.496. The average Bonchev–Trinajstić information content (AvgIpc) is 2.78. The van der Waals surface area contributed by atoms with Crippen LogP contribution in [0.4, 0.5) is 0 Å². The summed E-state index contributed by atoms with van der Waals surface area (Å²) in [6, 6.07) is 20.4. The first-order valence-electron chi connectivity index (χ1n) is 9.28. The van der Waals surface area contributed by atoms with Crippen molar-refractivity contribution in [2.75, 3.05) is 20.7 Å². The highest BCUT2D eigenvalue weighted by molar-refractivity contribution is 7.89. The van der Waals surface area contributed by atoms with Crippen LogP contribution in [-0.4, -0.2) is 45.2 Å². The summed E-state index contributed by atoms with van der Waals surface area (Å²) in [5, 5.41) is 0.0300. The van der Waals surface area contributed by atoms with Gasteiger partial charge in [0.1, 0.15) is 0 Å². The maximum Gasteiger partial charge on any atom is 0.340 e. The number of hydrogen-bond acceptors (Lipinski definition) is 5. The van der Waals surface area contributed by atoms with E-state index >= 15 is 0 Å². The van der Waals surface area contributed by atoms with Gasteiger partial charge in [0, 0.05) is 19.7 Å². The molecule has 0 heterocycles. The third kappa shape index (κ3) is 5.19. The summed E-state index contributed by atoms with van der Waals surface area (Å²) in [4.78, 5) is 24.7. The number of rotatable bonds is 7. The Morgan fingerprint density at radius 2 is 1.52 bits per heavy atom. The Labute approximate surface area is 186 Å². The molecule has 3 rings (SSSR count). The third-order valence-electron chi connectivity index (χ3n) is 4.58. The normalized spacial score (nSPS) is 11.4. The second kappa shape index (κ2) is 9.43. The monoisotopic (exact) mass is 457 g/mol. The Morgan fingerprint density at radius 3 is 2.13 bits per heavy atom. The number of benzene rings is 3. The van der Waals surface area contributed by atoms with Crippen molar-refractivity contribution >= 4 is 33.4 Å². The van der Waals surface area contributed by atoms with Crippen LogP contribution in [-0.2, 0) is 14.8 Å². The first-order chi connectivity index (χ1) is 14.7. The molecule has 0 saturated heterocycles. The SMILES string of the molecule is CN(C)S(=O)(=O)c1ccc(Cl)c(C(=O)OCC(=O)c2ccc(-c3ccccc3)cc2)c1. The number of halogens is 1. The maximum atomic E-state index is 12.4. The second-order valence-electron chi connectivity index (χ2n) is 6.87. The van der Waals surface area contributed by atoms with Gasteiger partial charge in [-0.25, -0.2) is 17.5 Å². The summed E-state index contributed by atoms with van der Waals surface area (Å²) in [5.74, 6) is -1.27. The van der Waals surface area contributed by atoms with E-state index in [0.29, 0.717) is 5.56 Å². The summed E-state index contributed by atoms with van der Waals surface area (Å²) in [7, 11) is -0.994. The zero-order chi connectivity index (χ0) is 22.6. The van der Waals surface area contributed by atoms with Crippen LogP contribution in [0.1, 0.15) is 20.7 Å². The van der Waals surface area contributed by atoms with E-state index < -0.39 is 22.6 Å². The second-order valence-corrected chi connectivity index (χ2v) is 9.43. The van der Waals surface area contributed by atoms with Gasteiger partial charge in [0.15, 0.2) is 12.4 Å². The standard InChI is InChI=1S/C23H20ClNO5S/c1-25(2)31(28,29)19-12-13-21(24)20(14-19)23(27)30-15-22(26)18-10-8-17(9-11-18)16-6-4-3-5-7-16/h3-14H,15H2,1-2H3. The van der Waals surface area contributed by atoms with Gasteiger partial charge in [-0.15, -0.1) is 0 Å². The Morgan fingerprint density at radius 1 is 0.903 bits per heavy atom. The molecule has 0 saturated carbocycles. The van der Waals surface area contributed by atoms with Crippen molar-refractivity contribution in [1.29, 1.82) is 0 Å². The van der Waals surface area contributed by atoms with E-state index in [1.807, 2.05) is 42.5 Å². The van der Waals surface area contributed by atoms with Crippen molar-refractivity contribution in [3.63, 3.8) is 0 Å². The molecule has 160 valence electrons. The van der Waals surface area contributed by atoms with Crippen molar-refractivity contribution in [1.82, 2.24) is 4.31 Å². The molecule has 0 radical (unpaired) electrons. The van der Waals surface area contributed by atoms with Gasteiger partial charge in [-0.2, -0.15) is 0 Å². The van der Waals surface area contributed by atoms with Crippen LogP contribution in [0.2, 0.25) is 5.02 Å². The number of hydrogen-bond donors (Lipinski definition) is 0. The Bertz CT molecular complexity index is 1210. The van der Waals surface area contributed by atoms with Crippen LogP contribution in [0.5, 0.6) is 0 Å². The number of carbonyl (C=O) groups excluding carboxylic acids is 2. The molecule has 6 nitrogen and oxygen atoms in total. The topological polar surface area (TPSA) is 80.8 Å². The number of ketones is 1. The van der Waals surface area contributed by atoms with Crippen molar-refractivity contribution in [3.05, 3.63) is 88.9 Å². The van der Waals surface area contributed by atoms with Crippen molar-refractivity contribution in [3.8, 4) is 11.1 Å². The molecule has 31 heavy (non-hydrogen) atoms. The lowest BCUT2D eigenvalue weighted by Gasteiger charge is -2.13. The molecule has 0 aliphatic rings. The highest BCUT2D eigenvalue weighted by Crippen LogP contribution is 2.23. The lowest BCUT2D eigenvalue weighted by Crippen LogP contribution is -2.22. The average molecular weight is 458 g/mol. The first-order valence-corrected chi connectivity index (χ1v) is 11.1. The third-order valence-corrected chi connectivity index (χ3v) is 6.73. The number of sulfonamides is 1. The highest BCUT2D eigenvalue weighted by Gasteiger charge is 2.22. The molecule has 0 spiro atoms. The zero-order valence-corrected chi connectivity index (χ0v) is 18.5. The van der Waals surface area contributed by atoms with Gasteiger partial charge in [-0.05, 0) is 29.3 Å². The van der Waals surface area contributed by atoms with Gasteiger partial charge in [0.2, 0.25) is 10.0 Å². The maximum absolute atomic E-state index is 12.4. The molecule has 0 atom stereocenters. The van der Waals surface area contributed by atoms with Crippen LogP contribution in [0.25, 0.3) is 11.1 Å². The fraction of sp³-hybridized carbons (Fsp3) is 0.130. The van der Waals surface area contributed by atoms with Crippen molar-refractivity contribution in [2.45, 2.75) is 4.90 Å². The predicted octanol–water partition coefficient (Wildman–Crippen LogP) is 4.30. The van der Waals surface area contributed by atoms with E-state index in [-0.39, 0.29) is 21.3 Å². The van der Waals surface area contributed by atoms with E-state index in [1.165, 1.54) is 26.2 Å². The minimum atomic E-state index is -3.75. The predicted molar refractivity (Wildman–Crippen MR) is 119 cm³/mol. The fourth-order valence-electron chi connectivity index (χ4n) is 2.80. The van der Waals surface area contributed by atoms with Crippen LogP contribution < -0.4 is 0 Å². The molecule has 0 aliphatic carbocycles. The van der Waals surface area contributed by atoms with E-state index in [1.54, 1.807) is 12.1 Å². The van der Waals surface area contributed by atoms with Gasteiger partial charge in [-0.1, -0.05) is 66.2 Å². The van der Waals surface area contributed by atoms with Crippen LogP contribution in [0, 0.1) is 0 Å². The highest BCUT2D eigenvalue weighted by atomic mass is 35.5. The fourth-order valence-corrected chi connectivity index (χ4v) is 3.93. The number of Topliss-reactive ketones (excluding diaryl/α,β-unsaturated/α-hetero) is 1. The number of nitrogens with zero attached hydrogens (tertiary/aromatic N) is 1. The smallest absolute Gasteiger partial charge is 0.340 e. The Balaban J connectivity index is 1.70. The molecular weight excluding hydrogens is 438 g/mol. The number of ether oxygens (including phenoxy) is 1. The molecule has 0 bridgehead atoms. The summed E-state index contributed by atoms with van der Waals surface area (Å²) in [5.41, 5.74) is 2.24. The minimum absolute atomic E-state index is 0.0300. The molecule has 0 amide bonds. The molecule has 0 aliphatic heterocycles. The molecule has 0 unspecified atom stereocenters. The van der Waals surface area contributed by atoms with Crippen LogP contribution >= 0.6 is 11.6 Å². The van der Waals surface area contributed by atoms with Crippen molar-refractivity contribution < 1.29 is 22.7 Å². The molecule has 8 heteroatoms. The molecule has 0 aromatic heterocycles. The molecule has 3 aromatic rings. The van der Waals surface area contributed by atoms with Gasteiger partial charge in [0.05, 0.1) is 15.5 Å². The quantitative estimate of drug-likeness (QED) is 0.390. The summed E-state index contributed by atoms with van der Waals surface area (Å²) >= 11 is 6.03. The Hall–Kier alpha value is -3.00. The number of carbonyl (C=O) groups is 2. The van der Waals surface area contributed by atoms with Gasteiger partial charge < -0.3 is 4.74 Å². The largest absolute Gasteiger partial charge is 0.454 e. The van der Waals surface area contributed by atoms with Crippen LogP contribution in [0.3, 0.4) is 0 Å². The zero-order valence-electron chi connectivity index (χ0n) is 16.9. The first kappa shape index (κ1) is 22.7. The minimum Gasteiger partial charge on any atom is -0.454 e. The summed E-state index contributed by atoms with van der Waals surface area (Å²) < 4.78 is 30.7. The van der Waals surface area contributed by atoms with Gasteiger partial charge in [0.25, 0.3) is 0 Å². The molecule has 3 aromatic carbocycles.